The predicted molar refractivity (Wildman–Crippen MR) is 139 cm³/mol. The first-order valence-corrected chi connectivity index (χ1v) is 12.7. The van der Waals surface area contributed by atoms with Gasteiger partial charge in [0, 0.05) is 44.5 Å². The molecule has 0 bridgehead atoms. The molecule has 15 heteroatoms. The number of pyridine rings is 1. The van der Waals surface area contributed by atoms with Crippen molar-refractivity contribution in [2.45, 2.75) is 19.1 Å². The smallest absolute Gasteiger partial charge is 0.414 e. The molecule has 1 aromatic carbocycles. The maximum Gasteiger partial charge on any atom is 0.414 e. The predicted octanol–water partition coefficient (Wildman–Crippen LogP) is 2.16. The Balaban J connectivity index is 1.35. The number of aromatic nitrogens is 1. The van der Waals surface area contributed by atoms with Crippen molar-refractivity contribution in [1.29, 1.82) is 0 Å². The Bertz CT molecular complexity index is 1290. The summed E-state index contributed by atoms with van der Waals surface area (Å²) >= 11 is 5.94. The van der Waals surface area contributed by atoms with Crippen LogP contribution in [-0.2, 0) is 14.3 Å². The normalized spacial score (nSPS) is 17.8. The molecule has 12 nitrogen and oxygen atoms in total. The molecule has 2 fully saturated rings. The van der Waals surface area contributed by atoms with Gasteiger partial charge in [0.15, 0.2) is 11.6 Å². The molecule has 2 aromatic rings. The molecule has 2 N–H and O–H groups in total. The van der Waals surface area contributed by atoms with Gasteiger partial charge in [-0.2, -0.15) is 0 Å². The summed E-state index contributed by atoms with van der Waals surface area (Å²) in [5.74, 6) is -2.66. The molecule has 2 aliphatic heterocycles. The molecule has 4 amide bonds. The van der Waals surface area contributed by atoms with Gasteiger partial charge in [-0.15, -0.1) is 0 Å². The van der Waals surface area contributed by atoms with Crippen LogP contribution in [0.15, 0.2) is 30.5 Å². The molecular formula is C25H27ClF2N6O6. The van der Waals surface area contributed by atoms with Crippen LogP contribution in [0.2, 0.25) is 5.15 Å². The Morgan fingerprint density at radius 2 is 1.88 bits per heavy atom. The number of ether oxygens (including phenoxy) is 2. The van der Waals surface area contributed by atoms with Crippen molar-refractivity contribution in [3.8, 4) is 0 Å². The molecule has 2 aliphatic rings. The second kappa shape index (κ2) is 12.3. The van der Waals surface area contributed by atoms with E-state index in [1.54, 1.807) is 6.07 Å². The van der Waals surface area contributed by atoms with Gasteiger partial charge in [-0.1, -0.05) is 11.6 Å². The molecule has 0 saturated carbocycles. The second-order valence-electron chi connectivity index (χ2n) is 9.10. The van der Waals surface area contributed by atoms with Crippen LogP contribution in [-0.4, -0.2) is 92.4 Å². The molecule has 0 radical (unpaired) electrons. The van der Waals surface area contributed by atoms with Crippen molar-refractivity contribution in [3.05, 3.63) is 52.8 Å². The van der Waals surface area contributed by atoms with Crippen molar-refractivity contribution < 1.29 is 37.4 Å². The fraction of sp³-hybridized carbons (Fsp3) is 0.400. The van der Waals surface area contributed by atoms with Gasteiger partial charge in [0.1, 0.15) is 23.0 Å². The van der Waals surface area contributed by atoms with Gasteiger partial charge in [-0.05, 0) is 19.1 Å². The number of rotatable bonds is 7. The van der Waals surface area contributed by atoms with E-state index in [2.05, 4.69) is 20.4 Å². The van der Waals surface area contributed by atoms with Crippen LogP contribution in [0.3, 0.4) is 0 Å². The third kappa shape index (κ3) is 6.33. The highest BCUT2D eigenvalue weighted by atomic mass is 35.5. The number of carbonyl (C=O) groups excluding carboxylic acids is 4. The molecule has 2 saturated heterocycles. The van der Waals surface area contributed by atoms with Gasteiger partial charge in [-0.25, -0.2) is 23.4 Å². The molecule has 214 valence electrons. The number of hydrogen-bond acceptors (Lipinski definition) is 8. The molecule has 4 rings (SSSR count). The molecule has 2 atom stereocenters. The minimum Gasteiger partial charge on any atom is -0.453 e. The number of cyclic esters (lactones) is 1. The van der Waals surface area contributed by atoms with Crippen LogP contribution >= 0.6 is 11.6 Å². The van der Waals surface area contributed by atoms with Gasteiger partial charge in [0.25, 0.3) is 5.91 Å². The van der Waals surface area contributed by atoms with Gasteiger partial charge < -0.3 is 29.9 Å². The zero-order chi connectivity index (χ0) is 29.0. The number of nitrogens with zero attached hydrogens (tertiary/aromatic N) is 4. The largest absolute Gasteiger partial charge is 0.453 e. The lowest BCUT2D eigenvalue weighted by molar-refractivity contribution is -0.133. The van der Waals surface area contributed by atoms with Crippen molar-refractivity contribution >= 4 is 47.0 Å². The van der Waals surface area contributed by atoms with E-state index < -0.39 is 41.9 Å². The lowest BCUT2D eigenvalue weighted by Crippen LogP contribution is -2.54. The number of alkyl carbamates (subject to hydrolysis) is 1. The van der Waals surface area contributed by atoms with E-state index in [1.165, 1.54) is 36.1 Å². The summed E-state index contributed by atoms with van der Waals surface area (Å²) in [5, 5.41) is 5.01. The quantitative estimate of drug-likeness (QED) is 0.476. The highest BCUT2D eigenvalue weighted by Gasteiger charge is 2.35. The van der Waals surface area contributed by atoms with E-state index in [0.717, 1.165) is 17.0 Å². The maximum absolute atomic E-state index is 15.1. The molecule has 0 spiro atoms. The third-order valence-corrected chi connectivity index (χ3v) is 6.78. The van der Waals surface area contributed by atoms with Crippen LogP contribution in [0.1, 0.15) is 17.3 Å². The van der Waals surface area contributed by atoms with Crippen LogP contribution in [0.5, 0.6) is 0 Å². The number of benzene rings is 1. The number of piperazine rings is 1. The van der Waals surface area contributed by atoms with E-state index in [-0.39, 0.29) is 67.3 Å². The first-order valence-electron chi connectivity index (χ1n) is 12.3. The topological polar surface area (TPSA) is 133 Å². The standard InChI is InChI=1S/C25H27ClF2N6O6/c1-14(31-22(35)17-4-3-5-29-21(17)26)23(36)33-8-6-32(7-9-33)20-18(27)10-15(11-19(20)28)34-13-16(40-25(34)38)12-30-24(37)39-2/h3-5,10-11,14,16H,6-9,12-13H2,1-2H3,(H,30,37)(H,31,35). The summed E-state index contributed by atoms with van der Waals surface area (Å²) in [7, 11) is 1.19. The Kier molecular flexibility index (Phi) is 8.87. The van der Waals surface area contributed by atoms with E-state index >= 15 is 8.78 Å². The number of anilines is 2. The summed E-state index contributed by atoms with van der Waals surface area (Å²) in [6.07, 6.45) is -0.791. The van der Waals surface area contributed by atoms with E-state index in [1.807, 2.05) is 0 Å². The SMILES string of the molecule is COC(=O)NCC1CN(c2cc(F)c(N3CCN(C(=O)C(C)NC(=O)c4cccnc4Cl)CC3)c(F)c2)C(=O)O1. The highest BCUT2D eigenvalue weighted by molar-refractivity contribution is 6.32. The van der Waals surface area contributed by atoms with Crippen molar-refractivity contribution in [2.24, 2.45) is 0 Å². The third-order valence-electron chi connectivity index (χ3n) is 6.48. The minimum atomic E-state index is -0.882. The fourth-order valence-corrected chi connectivity index (χ4v) is 4.64. The van der Waals surface area contributed by atoms with Crippen molar-refractivity contribution in [3.63, 3.8) is 0 Å². The Morgan fingerprint density at radius 3 is 2.50 bits per heavy atom. The zero-order valence-corrected chi connectivity index (χ0v) is 22.4. The summed E-state index contributed by atoms with van der Waals surface area (Å²) in [4.78, 5) is 56.7. The van der Waals surface area contributed by atoms with Crippen LogP contribution < -0.4 is 20.4 Å². The Morgan fingerprint density at radius 1 is 1.20 bits per heavy atom. The monoisotopic (exact) mass is 580 g/mol. The summed E-state index contributed by atoms with van der Waals surface area (Å²) in [6.45, 7) is 2.10. The van der Waals surface area contributed by atoms with Crippen molar-refractivity contribution in [1.82, 2.24) is 20.5 Å². The molecule has 3 heterocycles. The number of halogens is 3. The molecule has 0 aliphatic carbocycles. The maximum atomic E-state index is 15.1. The lowest BCUT2D eigenvalue weighted by Gasteiger charge is -2.37. The van der Waals surface area contributed by atoms with E-state index in [4.69, 9.17) is 16.3 Å². The number of hydrogen-bond donors (Lipinski definition) is 2. The van der Waals surface area contributed by atoms with Gasteiger partial charge in [0.2, 0.25) is 5.91 Å². The summed E-state index contributed by atoms with van der Waals surface area (Å²) in [6, 6.07) is 4.25. The minimum absolute atomic E-state index is 0.0142. The Labute approximate surface area is 233 Å². The van der Waals surface area contributed by atoms with Crippen LogP contribution in [0.4, 0.5) is 29.7 Å². The van der Waals surface area contributed by atoms with Gasteiger partial charge >= 0.3 is 12.2 Å². The fourth-order valence-electron chi connectivity index (χ4n) is 4.43. The number of nitrogens with one attached hydrogen (secondary N) is 2. The molecule has 1 aromatic heterocycles. The highest BCUT2D eigenvalue weighted by Crippen LogP contribution is 2.31. The van der Waals surface area contributed by atoms with Gasteiger partial charge in [0.05, 0.1) is 31.5 Å². The van der Waals surface area contributed by atoms with Crippen LogP contribution in [0.25, 0.3) is 0 Å². The summed E-state index contributed by atoms with van der Waals surface area (Å²) in [5.41, 5.74) is -0.171. The van der Waals surface area contributed by atoms with Gasteiger partial charge in [-0.3, -0.25) is 14.5 Å². The first kappa shape index (κ1) is 28.8. The van der Waals surface area contributed by atoms with E-state index in [9.17, 15) is 19.2 Å². The van der Waals surface area contributed by atoms with Crippen LogP contribution in [0, 0.1) is 11.6 Å². The number of amides is 4. The average molecular weight is 581 g/mol. The first-order chi connectivity index (χ1) is 19.1. The summed E-state index contributed by atoms with van der Waals surface area (Å²) < 4.78 is 39.8. The average Bonchev–Trinajstić information content (AvgIpc) is 3.31. The van der Waals surface area contributed by atoms with E-state index in [0.29, 0.717) is 0 Å². The molecular weight excluding hydrogens is 554 g/mol. The number of carbonyl (C=O) groups is 4. The molecule has 2 unspecified atom stereocenters. The second-order valence-corrected chi connectivity index (χ2v) is 9.45. The zero-order valence-electron chi connectivity index (χ0n) is 21.7. The lowest BCUT2D eigenvalue weighted by atomic mass is 10.1. The molecule has 40 heavy (non-hydrogen) atoms. The Hall–Kier alpha value is -4.20. The number of methoxy groups -OCH3 is 1. The van der Waals surface area contributed by atoms with Crippen molar-refractivity contribution in [2.75, 3.05) is 56.2 Å².